The van der Waals surface area contributed by atoms with E-state index in [4.69, 9.17) is 9.47 Å². The lowest BCUT2D eigenvalue weighted by Crippen LogP contribution is -2.37. The summed E-state index contributed by atoms with van der Waals surface area (Å²) in [6, 6.07) is 13.5. The first-order chi connectivity index (χ1) is 14.0. The zero-order valence-corrected chi connectivity index (χ0v) is 17.8. The molecule has 7 heteroatoms. The van der Waals surface area contributed by atoms with Crippen molar-refractivity contribution in [3.05, 3.63) is 59.2 Å². The van der Waals surface area contributed by atoms with E-state index in [0.29, 0.717) is 36.1 Å². The zero-order chi connectivity index (χ0) is 21.2. The van der Waals surface area contributed by atoms with Crippen LogP contribution in [0.3, 0.4) is 0 Å². The topological polar surface area (TPSA) is 75.2 Å². The molecule has 0 fully saturated rings. The molecular formula is C22H30N4O3. The average Bonchev–Trinajstić information content (AvgIpc) is 2.75. The summed E-state index contributed by atoms with van der Waals surface area (Å²) in [7, 11) is 8.49. The SMILES string of the molecule is CN=C(NCCc1cccc(C(=O)N(C)C)c1)NCc1ccc(OC)c(OC)c1. The molecule has 0 aliphatic heterocycles. The predicted molar refractivity (Wildman–Crippen MR) is 116 cm³/mol. The van der Waals surface area contributed by atoms with E-state index < -0.39 is 0 Å². The summed E-state index contributed by atoms with van der Waals surface area (Å²) >= 11 is 0. The highest BCUT2D eigenvalue weighted by Crippen LogP contribution is 2.27. The molecule has 1 amide bonds. The summed E-state index contributed by atoms with van der Waals surface area (Å²) in [6.07, 6.45) is 0.783. The summed E-state index contributed by atoms with van der Waals surface area (Å²) in [4.78, 5) is 17.9. The number of hydrogen-bond donors (Lipinski definition) is 2. The van der Waals surface area contributed by atoms with Gasteiger partial charge in [0, 0.05) is 39.8 Å². The number of methoxy groups -OCH3 is 2. The molecule has 0 heterocycles. The van der Waals surface area contributed by atoms with Crippen LogP contribution in [0.15, 0.2) is 47.5 Å². The lowest BCUT2D eigenvalue weighted by molar-refractivity contribution is 0.0827. The normalized spacial score (nSPS) is 11.0. The molecule has 0 spiro atoms. The fraction of sp³-hybridized carbons (Fsp3) is 0.364. The van der Waals surface area contributed by atoms with Crippen LogP contribution in [0.2, 0.25) is 0 Å². The predicted octanol–water partition coefficient (Wildman–Crippen LogP) is 2.31. The van der Waals surface area contributed by atoms with Gasteiger partial charge < -0.3 is 25.0 Å². The Morgan fingerprint density at radius 2 is 1.76 bits per heavy atom. The number of nitrogens with zero attached hydrogens (tertiary/aromatic N) is 2. The van der Waals surface area contributed by atoms with Crippen molar-refractivity contribution < 1.29 is 14.3 Å². The highest BCUT2D eigenvalue weighted by molar-refractivity contribution is 5.94. The van der Waals surface area contributed by atoms with E-state index in [1.807, 2.05) is 42.5 Å². The van der Waals surface area contributed by atoms with Crippen LogP contribution in [-0.2, 0) is 13.0 Å². The minimum atomic E-state index is 0.00667. The van der Waals surface area contributed by atoms with Gasteiger partial charge in [0.15, 0.2) is 17.5 Å². The second kappa shape index (κ2) is 10.9. The lowest BCUT2D eigenvalue weighted by atomic mass is 10.1. The number of hydrogen-bond acceptors (Lipinski definition) is 4. The molecule has 2 N–H and O–H groups in total. The van der Waals surface area contributed by atoms with Gasteiger partial charge in [-0.15, -0.1) is 0 Å². The molecule has 0 aliphatic carbocycles. The van der Waals surface area contributed by atoms with Crippen molar-refractivity contribution in [2.45, 2.75) is 13.0 Å². The second-order valence-corrected chi connectivity index (χ2v) is 6.69. The Kier molecular flexibility index (Phi) is 8.33. The van der Waals surface area contributed by atoms with E-state index >= 15 is 0 Å². The van der Waals surface area contributed by atoms with Gasteiger partial charge in [0.2, 0.25) is 0 Å². The molecule has 0 saturated heterocycles. The third-order valence-electron chi connectivity index (χ3n) is 4.42. The highest BCUT2D eigenvalue weighted by Gasteiger charge is 2.08. The monoisotopic (exact) mass is 398 g/mol. The molecule has 0 atom stereocenters. The Bertz CT molecular complexity index is 850. The molecule has 0 radical (unpaired) electrons. The molecule has 0 bridgehead atoms. The van der Waals surface area contributed by atoms with E-state index in [0.717, 1.165) is 17.5 Å². The minimum absolute atomic E-state index is 0.00667. The standard InChI is InChI=1S/C22H30N4O3/c1-23-22(25-15-17-9-10-19(28-4)20(14-17)29-5)24-12-11-16-7-6-8-18(13-16)21(27)26(2)3/h6-10,13-14H,11-12,15H2,1-5H3,(H2,23,24,25). The third-order valence-corrected chi connectivity index (χ3v) is 4.42. The zero-order valence-electron chi connectivity index (χ0n) is 17.8. The number of carbonyl (C=O) groups excluding carboxylic acids is 1. The van der Waals surface area contributed by atoms with Crippen LogP contribution >= 0.6 is 0 Å². The number of carbonyl (C=O) groups is 1. The van der Waals surface area contributed by atoms with Gasteiger partial charge in [-0.1, -0.05) is 18.2 Å². The van der Waals surface area contributed by atoms with Gasteiger partial charge in [0.05, 0.1) is 14.2 Å². The Balaban J connectivity index is 1.87. The van der Waals surface area contributed by atoms with Gasteiger partial charge in [0.25, 0.3) is 5.91 Å². The molecule has 2 aromatic carbocycles. The molecular weight excluding hydrogens is 368 g/mol. The van der Waals surface area contributed by atoms with Crippen LogP contribution < -0.4 is 20.1 Å². The molecule has 2 rings (SSSR count). The maximum absolute atomic E-state index is 12.1. The lowest BCUT2D eigenvalue weighted by Gasteiger charge is -2.14. The molecule has 0 unspecified atom stereocenters. The molecule has 7 nitrogen and oxygen atoms in total. The van der Waals surface area contributed by atoms with Crippen LogP contribution in [0, 0.1) is 0 Å². The van der Waals surface area contributed by atoms with Gasteiger partial charge >= 0.3 is 0 Å². The summed E-state index contributed by atoms with van der Waals surface area (Å²) in [5.41, 5.74) is 2.85. The first-order valence-electron chi connectivity index (χ1n) is 9.44. The number of rotatable bonds is 8. The fourth-order valence-corrected chi connectivity index (χ4v) is 2.84. The van der Waals surface area contributed by atoms with Crippen LogP contribution in [0.5, 0.6) is 11.5 Å². The fourth-order valence-electron chi connectivity index (χ4n) is 2.84. The van der Waals surface area contributed by atoms with Crippen molar-refractivity contribution in [2.75, 3.05) is 41.9 Å². The summed E-state index contributed by atoms with van der Waals surface area (Å²) in [5, 5.41) is 6.59. The maximum Gasteiger partial charge on any atom is 0.253 e. The Hall–Kier alpha value is -3.22. The Morgan fingerprint density at radius 1 is 1.00 bits per heavy atom. The number of guanidine groups is 1. The number of benzene rings is 2. The number of nitrogens with one attached hydrogen (secondary N) is 2. The van der Waals surface area contributed by atoms with Crippen LogP contribution in [0.1, 0.15) is 21.5 Å². The van der Waals surface area contributed by atoms with E-state index in [9.17, 15) is 4.79 Å². The first-order valence-corrected chi connectivity index (χ1v) is 9.44. The van der Waals surface area contributed by atoms with Gasteiger partial charge in [-0.2, -0.15) is 0 Å². The van der Waals surface area contributed by atoms with Crippen molar-refractivity contribution in [3.63, 3.8) is 0 Å². The maximum atomic E-state index is 12.1. The minimum Gasteiger partial charge on any atom is -0.493 e. The largest absolute Gasteiger partial charge is 0.493 e. The molecule has 29 heavy (non-hydrogen) atoms. The van der Waals surface area contributed by atoms with E-state index in [1.54, 1.807) is 40.3 Å². The summed E-state index contributed by atoms with van der Waals surface area (Å²) in [6.45, 7) is 1.30. The van der Waals surface area contributed by atoms with Crippen molar-refractivity contribution in [1.29, 1.82) is 0 Å². The average molecular weight is 399 g/mol. The Labute approximate surface area is 172 Å². The quantitative estimate of drug-likeness (QED) is 0.527. The van der Waals surface area contributed by atoms with Crippen molar-refractivity contribution in [1.82, 2.24) is 15.5 Å². The van der Waals surface area contributed by atoms with Crippen molar-refractivity contribution >= 4 is 11.9 Å². The molecule has 0 aromatic heterocycles. The van der Waals surface area contributed by atoms with Crippen LogP contribution in [-0.4, -0.2) is 58.7 Å². The first kappa shape index (κ1) is 22.1. The molecule has 0 aliphatic rings. The second-order valence-electron chi connectivity index (χ2n) is 6.69. The summed E-state index contributed by atoms with van der Waals surface area (Å²) in [5.74, 6) is 2.11. The van der Waals surface area contributed by atoms with Gasteiger partial charge in [-0.05, 0) is 41.8 Å². The number of aliphatic imine (C=N–C) groups is 1. The summed E-state index contributed by atoms with van der Waals surface area (Å²) < 4.78 is 10.6. The van der Waals surface area contributed by atoms with Gasteiger partial charge in [-0.3, -0.25) is 9.79 Å². The number of amides is 1. The molecule has 156 valence electrons. The third kappa shape index (κ3) is 6.41. The highest BCUT2D eigenvalue weighted by atomic mass is 16.5. The molecule has 0 saturated carbocycles. The van der Waals surface area contributed by atoms with Crippen LogP contribution in [0.4, 0.5) is 0 Å². The van der Waals surface area contributed by atoms with E-state index in [1.165, 1.54) is 0 Å². The van der Waals surface area contributed by atoms with Gasteiger partial charge in [0.1, 0.15) is 0 Å². The van der Waals surface area contributed by atoms with Crippen molar-refractivity contribution in [3.8, 4) is 11.5 Å². The Morgan fingerprint density at radius 3 is 2.41 bits per heavy atom. The van der Waals surface area contributed by atoms with E-state index in [-0.39, 0.29) is 5.91 Å². The van der Waals surface area contributed by atoms with Gasteiger partial charge in [-0.25, -0.2) is 0 Å². The van der Waals surface area contributed by atoms with Crippen molar-refractivity contribution in [2.24, 2.45) is 4.99 Å². The smallest absolute Gasteiger partial charge is 0.253 e. The molecule has 2 aromatic rings. The van der Waals surface area contributed by atoms with Crippen LogP contribution in [0.25, 0.3) is 0 Å². The number of ether oxygens (including phenoxy) is 2. The van der Waals surface area contributed by atoms with E-state index in [2.05, 4.69) is 15.6 Å².